The number of para-hydroxylation sites is 2. The third-order valence-corrected chi connectivity index (χ3v) is 3.52. The number of tetrazole rings is 1. The van der Waals surface area contributed by atoms with Crippen molar-refractivity contribution in [1.29, 1.82) is 0 Å². The van der Waals surface area contributed by atoms with E-state index in [1.54, 1.807) is 24.3 Å². The van der Waals surface area contributed by atoms with E-state index >= 15 is 0 Å². The highest BCUT2D eigenvalue weighted by atomic mass is 19.2. The molecule has 0 fully saturated rings. The van der Waals surface area contributed by atoms with Crippen LogP contribution in [0, 0.1) is 11.6 Å². The van der Waals surface area contributed by atoms with Crippen molar-refractivity contribution in [1.82, 2.24) is 25.5 Å². The van der Waals surface area contributed by atoms with Gasteiger partial charge < -0.3 is 15.4 Å². The van der Waals surface area contributed by atoms with Gasteiger partial charge in [-0.2, -0.15) is 4.68 Å². The van der Waals surface area contributed by atoms with Gasteiger partial charge in [-0.1, -0.05) is 12.1 Å². The highest BCUT2D eigenvalue weighted by molar-refractivity contribution is 5.90. The summed E-state index contributed by atoms with van der Waals surface area (Å²) in [6, 6.07) is 9.78. The van der Waals surface area contributed by atoms with Gasteiger partial charge in [-0.25, -0.2) is 13.6 Å². The first kappa shape index (κ1) is 18.2. The number of aromatic nitrogens is 4. The number of carbonyl (C=O) groups is 1. The van der Waals surface area contributed by atoms with Crippen molar-refractivity contribution in [2.45, 2.75) is 13.5 Å². The van der Waals surface area contributed by atoms with E-state index in [4.69, 9.17) is 4.74 Å². The van der Waals surface area contributed by atoms with Crippen molar-refractivity contribution in [2.75, 3.05) is 11.9 Å². The number of hydrogen-bond donors (Lipinski definition) is 2. The van der Waals surface area contributed by atoms with Crippen molar-refractivity contribution < 1.29 is 18.3 Å². The van der Waals surface area contributed by atoms with E-state index in [1.165, 1.54) is 10.7 Å². The number of ether oxygens (including phenoxy) is 1. The molecular weight excluding hydrogens is 358 g/mol. The number of carbonyl (C=O) groups excluding carboxylic acids is 1. The normalized spacial score (nSPS) is 10.5. The van der Waals surface area contributed by atoms with E-state index in [-0.39, 0.29) is 18.1 Å². The molecule has 27 heavy (non-hydrogen) atoms. The van der Waals surface area contributed by atoms with Crippen LogP contribution in [0.15, 0.2) is 42.5 Å². The first-order chi connectivity index (χ1) is 13.1. The minimum absolute atomic E-state index is 0.0331. The van der Waals surface area contributed by atoms with E-state index in [0.29, 0.717) is 18.0 Å². The summed E-state index contributed by atoms with van der Waals surface area (Å²) in [5.74, 6) is -1.21. The maximum absolute atomic E-state index is 13.4. The molecule has 0 atom stereocenters. The average molecular weight is 374 g/mol. The number of rotatable bonds is 6. The Balaban J connectivity index is 1.67. The summed E-state index contributed by atoms with van der Waals surface area (Å²) >= 11 is 0. The number of anilines is 1. The molecule has 0 unspecified atom stereocenters. The van der Waals surface area contributed by atoms with Gasteiger partial charge in [-0.3, -0.25) is 0 Å². The quantitative estimate of drug-likeness (QED) is 0.692. The molecule has 3 aromatic rings. The molecule has 0 saturated carbocycles. The van der Waals surface area contributed by atoms with Crippen molar-refractivity contribution in [3.05, 3.63) is 59.9 Å². The zero-order valence-electron chi connectivity index (χ0n) is 14.3. The second kappa shape index (κ2) is 8.21. The van der Waals surface area contributed by atoms with Gasteiger partial charge in [0.15, 0.2) is 17.5 Å². The molecule has 2 amide bonds. The molecule has 0 aliphatic rings. The number of amides is 2. The standard InChI is InChI=1S/C17H16F2N6O2/c1-2-27-15-6-4-3-5-14(15)21-17(26)20-10-16-22-23-24-25(16)11-7-8-12(18)13(19)9-11/h3-9H,2,10H2,1H3,(H2,20,21,26). The lowest BCUT2D eigenvalue weighted by molar-refractivity contribution is 0.251. The van der Waals surface area contributed by atoms with Gasteiger partial charge in [0.1, 0.15) is 5.75 Å². The molecule has 0 aliphatic heterocycles. The van der Waals surface area contributed by atoms with Gasteiger partial charge in [0.2, 0.25) is 0 Å². The fourth-order valence-corrected chi connectivity index (χ4v) is 2.31. The average Bonchev–Trinajstić information content (AvgIpc) is 3.13. The van der Waals surface area contributed by atoms with Gasteiger partial charge in [-0.15, -0.1) is 5.10 Å². The second-order valence-corrected chi connectivity index (χ2v) is 5.34. The van der Waals surface area contributed by atoms with Gasteiger partial charge in [0, 0.05) is 6.07 Å². The molecule has 3 rings (SSSR count). The Kier molecular flexibility index (Phi) is 5.55. The Morgan fingerprint density at radius 2 is 2.00 bits per heavy atom. The summed E-state index contributed by atoms with van der Waals surface area (Å²) in [5, 5.41) is 16.3. The summed E-state index contributed by atoms with van der Waals surface area (Å²) in [7, 11) is 0. The number of nitrogens with zero attached hydrogens (tertiary/aromatic N) is 4. The van der Waals surface area contributed by atoms with Crippen molar-refractivity contribution in [3.63, 3.8) is 0 Å². The summed E-state index contributed by atoms with van der Waals surface area (Å²) in [4.78, 5) is 12.1. The molecule has 2 N–H and O–H groups in total. The van der Waals surface area contributed by atoms with Crippen LogP contribution < -0.4 is 15.4 Å². The molecule has 10 heteroatoms. The molecule has 0 saturated heterocycles. The Morgan fingerprint density at radius 1 is 1.19 bits per heavy atom. The van der Waals surface area contributed by atoms with Gasteiger partial charge >= 0.3 is 6.03 Å². The molecule has 0 radical (unpaired) electrons. The minimum atomic E-state index is -1.02. The number of urea groups is 1. The van der Waals surface area contributed by atoms with Crippen molar-refractivity contribution in [3.8, 4) is 11.4 Å². The van der Waals surface area contributed by atoms with Crippen LogP contribution in [0.1, 0.15) is 12.7 Å². The van der Waals surface area contributed by atoms with Crippen molar-refractivity contribution in [2.24, 2.45) is 0 Å². The van der Waals surface area contributed by atoms with Crippen LogP contribution in [0.3, 0.4) is 0 Å². The molecule has 140 valence electrons. The largest absolute Gasteiger partial charge is 0.492 e. The van der Waals surface area contributed by atoms with Crippen LogP contribution in [0.5, 0.6) is 5.75 Å². The van der Waals surface area contributed by atoms with E-state index in [0.717, 1.165) is 12.1 Å². The van der Waals surface area contributed by atoms with E-state index in [2.05, 4.69) is 26.2 Å². The van der Waals surface area contributed by atoms with Crippen molar-refractivity contribution >= 4 is 11.7 Å². The number of halogens is 2. The molecule has 0 spiro atoms. The molecule has 0 bridgehead atoms. The number of benzene rings is 2. The molecular formula is C17H16F2N6O2. The second-order valence-electron chi connectivity index (χ2n) is 5.34. The maximum atomic E-state index is 13.4. The number of nitrogens with one attached hydrogen (secondary N) is 2. The van der Waals surface area contributed by atoms with E-state index in [9.17, 15) is 13.6 Å². The molecule has 0 aliphatic carbocycles. The molecule has 1 heterocycles. The molecule has 2 aromatic carbocycles. The zero-order valence-corrected chi connectivity index (χ0v) is 14.3. The fourth-order valence-electron chi connectivity index (χ4n) is 2.31. The van der Waals surface area contributed by atoms with Crippen LogP contribution in [-0.4, -0.2) is 32.8 Å². The van der Waals surface area contributed by atoms with Crippen LogP contribution in [0.25, 0.3) is 5.69 Å². The van der Waals surface area contributed by atoms with Gasteiger partial charge in [0.05, 0.1) is 24.5 Å². The third kappa shape index (κ3) is 4.35. The SMILES string of the molecule is CCOc1ccccc1NC(=O)NCc1nnnn1-c1ccc(F)c(F)c1. The summed E-state index contributed by atoms with van der Waals surface area (Å²) in [5.41, 5.74) is 0.745. The third-order valence-electron chi connectivity index (χ3n) is 3.52. The van der Waals surface area contributed by atoms with Crippen LogP contribution in [0.2, 0.25) is 0 Å². The highest BCUT2D eigenvalue weighted by Gasteiger charge is 2.13. The van der Waals surface area contributed by atoms with Gasteiger partial charge in [0.25, 0.3) is 0 Å². The predicted molar refractivity (Wildman–Crippen MR) is 92.5 cm³/mol. The Hall–Kier alpha value is -3.56. The smallest absolute Gasteiger partial charge is 0.319 e. The lowest BCUT2D eigenvalue weighted by atomic mass is 10.3. The van der Waals surface area contributed by atoms with E-state index in [1.807, 2.05) is 6.92 Å². The van der Waals surface area contributed by atoms with Crippen LogP contribution in [-0.2, 0) is 6.54 Å². The van der Waals surface area contributed by atoms with Gasteiger partial charge in [-0.05, 0) is 41.6 Å². The summed E-state index contributed by atoms with van der Waals surface area (Å²) in [6.07, 6.45) is 0. The first-order valence-electron chi connectivity index (χ1n) is 8.08. The first-order valence-corrected chi connectivity index (χ1v) is 8.08. The Bertz CT molecular complexity index is 947. The van der Waals surface area contributed by atoms with E-state index < -0.39 is 17.7 Å². The topological polar surface area (TPSA) is 94.0 Å². The lowest BCUT2D eigenvalue weighted by Gasteiger charge is -2.12. The Labute approximate surface area is 153 Å². The highest BCUT2D eigenvalue weighted by Crippen LogP contribution is 2.23. The summed E-state index contributed by atoms with van der Waals surface area (Å²) < 4.78 is 33.1. The molecule has 8 nitrogen and oxygen atoms in total. The maximum Gasteiger partial charge on any atom is 0.319 e. The fraction of sp³-hybridized carbons (Fsp3) is 0.176. The van der Waals surface area contributed by atoms with Crippen LogP contribution >= 0.6 is 0 Å². The monoisotopic (exact) mass is 374 g/mol. The van der Waals surface area contributed by atoms with Crippen LogP contribution in [0.4, 0.5) is 19.3 Å². The zero-order chi connectivity index (χ0) is 19.2. The lowest BCUT2D eigenvalue weighted by Crippen LogP contribution is -2.29. The molecule has 1 aromatic heterocycles. The minimum Gasteiger partial charge on any atom is -0.492 e. The number of hydrogen-bond acceptors (Lipinski definition) is 5. The summed E-state index contributed by atoms with van der Waals surface area (Å²) in [6.45, 7) is 2.27. The predicted octanol–water partition coefficient (Wildman–Crippen LogP) is 2.66. The Morgan fingerprint density at radius 3 is 2.78 bits per heavy atom.